The topological polar surface area (TPSA) is 273 Å². The Balaban J connectivity index is 1.68. The van der Waals surface area contributed by atoms with Gasteiger partial charge in [-0.3, -0.25) is 33.7 Å². The molecule has 0 fully saturated rings. The zero-order valence-corrected chi connectivity index (χ0v) is 43.5. The van der Waals surface area contributed by atoms with E-state index >= 15 is 0 Å². The van der Waals surface area contributed by atoms with Crippen LogP contribution in [0.3, 0.4) is 0 Å². The molecular formula is C50H81N7O15. The van der Waals surface area contributed by atoms with E-state index in [1.807, 2.05) is 34.6 Å². The average Bonchev–Trinajstić information content (AvgIpc) is 3.66. The fourth-order valence-corrected chi connectivity index (χ4v) is 6.96. The van der Waals surface area contributed by atoms with E-state index in [1.54, 1.807) is 43.0 Å². The highest BCUT2D eigenvalue weighted by Crippen LogP contribution is 2.20. The predicted molar refractivity (Wildman–Crippen MR) is 266 cm³/mol. The van der Waals surface area contributed by atoms with E-state index in [1.165, 1.54) is 17.1 Å². The minimum atomic E-state index is -0.857. The molecule has 2 atom stereocenters. The lowest BCUT2D eigenvalue weighted by atomic mass is 9.89. The minimum absolute atomic E-state index is 0.00691. The van der Waals surface area contributed by atoms with E-state index in [2.05, 4.69) is 16.0 Å². The second-order valence-corrected chi connectivity index (χ2v) is 18.1. The Morgan fingerprint density at radius 1 is 0.708 bits per heavy atom. The van der Waals surface area contributed by atoms with Gasteiger partial charge in [0.15, 0.2) is 5.78 Å². The van der Waals surface area contributed by atoms with Crippen molar-refractivity contribution in [2.45, 2.75) is 86.8 Å². The molecule has 1 aliphatic heterocycles. The maximum Gasteiger partial charge on any atom is 0.410 e. The van der Waals surface area contributed by atoms with Crippen LogP contribution in [0.5, 0.6) is 0 Å². The minimum Gasteiger partial charge on any atom is -0.445 e. The third-order valence-corrected chi connectivity index (χ3v) is 11.0. The summed E-state index contributed by atoms with van der Waals surface area (Å²) in [5, 5.41) is 8.17. The number of anilines is 1. The molecule has 1 heterocycles. The van der Waals surface area contributed by atoms with E-state index in [-0.39, 0.29) is 94.1 Å². The molecule has 2 rings (SSSR count). The lowest BCUT2D eigenvalue weighted by Gasteiger charge is -2.30. The zero-order valence-electron chi connectivity index (χ0n) is 43.5. The van der Waals surface area contributed by atoms with Crippen LogP contribution in [0.15, 0.2) is 36.4 Å². The van der Waals surface area contributed by atoms with Crippen LogP contribution in [-0.2, 0) is 68.5 Å². The third-order valence-electron chi connectivity index (χ3n) is 11.0. The summed E-state index contributed by atoms with van der Waals surface area (Å²) in [7, 11) is 0. The van der Waals surface area contributed by atoms with Gasteiger partial charge in [0, 0.05) is 74.7 Å². The van der Waals surface area contributed by atoms with Crippen LogP contribution in [0.25, 0.3) is 0 Å². The largest absolute Gasteiger partial charge is 0.445 e. The van der Waals surface area contributed by atoms with E-state index < -0.39 is 35.4 Å². The number of ether oxygens (including phenoxy) is 7. The monoisotopic (exact) mass is 1020 g/mol. The molecule has 0 unspecified atom stereocenters. The van der Waals surface area contributed by atoms with Crippen molar-refractivity contribution in [2.75, 3.05) is 124 Å². The van der Waals surface area contributed by atoms with Crippen LogP contribution in [0, 0.1) is 17.3 Å². The van der Waals surface area contributed by atoms with Crippen molar-refractivity contribution in [3.8, 4) is 0 Å². The van der Waals surface area contributed by atoms with Crippen molar-refractivity contribution in [3.63, 3.8) is 0 Å². The molecule has 0 spiro atoms. The molecule has 1 aromatic rings. The summed E-state index contributed by atoms with van der Waals surface area (Å²) in [6.45, 7) is 18.8. The highest BCUT2D eigenvalue weighted by Gasteiger charge is 2.30. The number of likely N-dealkylation sites (N-methyl/N-ethyl adjacent to an activating group) is 2. The number of primary amides is 1. The number of hydrogen-bond acceptors (Lipinski definition) is 15. The zero-order chi connectivity index (χ0) is 53.3. The van der Waals surface area contributed by atoms with Gasteiger partial charge in [0.05, 0.1) is 91.9 Å². The molecule has 406 valence electrons. The Labute approximate surface area is 424 Å². The highest BCUT2D eigenvalue weighted by molar-refractivity contribution is 6.12. The fraction of sp³-hybridized carbons (Fsp3) is 0.680. The summed E-state index contributed by atoms with van der Waals surface area (Å²) < 4.78 is 38.4. The SMILES string of the molecule is CCN(CCN(CC)C(=O)C(C)(C)C)C(=O)OCc1ccc(NC(=O)[C@H](CCCNC(N)=O)CC(=O)[C@@H](NC(=O)CCOCCOCCOCCOCCOCCOCCN2C(=O)C=CC2=O)C(C)C)cc1. The molecule has 0 bridgehead atoms. The number of nitrogens with two attached hydrogens (primary N) is 1. The number of Topliss-reactive ketones (excluding diaryl/α,β-unsaturated/α-hetero) is 1. The summed E-state index contributed by atoms with van der Waals surface area (Å²) >= 11 is 0. The molecule has 0 saturated carbocycles. The molecule has 0 aliphatic carbocycles. The van der Waals surface area contributed by atoms with Crippen molar-refractivity contribution >= 4 is 53.1 Å². The molecule has 0 radical (unpaired) electrons. The van der Waals surface area contributed by atoms with Gasteiger partial charge in [-0.2, -0.15) is 0 Å². The molecule has 1 aliphatic rings. The summed E-state index contributed by atoms with van der Waals surface area (Å²) in [6.07, 6.45) is 2.42. The van der Waals surface area contributed by atoms with Gasteiger partial charge in [0.2, 0.25) is 17.7 Å². The quantitative estimate of drug-likeness (QED) is 0.0545. The van der Waals surface area contributed by atoms with Crippen LogP contribution in [0.4, 0.5) is 15.3 Å². The lowest BCUT2D eigenvalue weighted by molar-refractivity contribution is -0.139. The van der Waals surface area contributed by atoms with Gasteiger partial charge < -0.3 is 64.6 Å². The second-order valence-electron chi connectivity index (χ2n) is 18.1. The maximum atomic E-state index is 13.7. The van der Waals surface area contributed by atoms with Gasteiger partial charge in [-0.1, -0.05) is 46.8 Å². The van der Waals surface area contributed by atoms with E-state index in [4.69, 9.17) is 38.9 Å². The molecule has 8 amide bonds. The summed E-state index contributed by atoms with van der Waals surface area (Å²) in [5.41, 5.74) is 5.82. The molecule has 22 nitrogen and oxygen atoms in total. The lowest BCUT2D eigenvalue weighted by Crippen LogP contribution is -2.45. The first-order valence-corrected chi connectivity index (χ1v) is 24.8. The normalized spacial score (nSPS) is 13.2. The Kier molecular flexibility index (Phi) is 30.9. The third kappa shape index (κ3) is 26.3. The number of nitrogens with zero attached hydrogens (tertiary/aromatic N) is 3. The number of carbonyl (C=O) groups is 8. The summed E-state index contributed by atoms with van der Waals surface area (Å²) in [4.78, 5) is 105. The van der Waals surface area contributed by atoms with Crippen LogP contribution < -0.4 is 21.7 Å². The molecule has 1 aromatic carbocycles. The summed E-state index contributed by atoms with van der Waals surface area (Å²) in [6, 6.07) is 5.20. The Bertz CT molecular complexity index is 1840. The first kappa shape index (κ1) is 62.6. The smallest absolute Gasteiger partial charge is 0.410 e. The number of nitrogens with one attached hydrogen (secondary N) is 3. The van der Waals surface area contributed by atoms with Crippen molar-refractivity contribution in [2.24, 2.45) is 23.0 Å². The van der Waals surface area contributed by atoms with Crippen molar-refractivity contribution < 1.29 is 71.5 Å². The van der Waals surface area contributed by atoms with Crippen molar-refractivity contribution in [1.82, 2.24) is 25.3 Å². The number of benzene rings is 1. The Morgan fingerprint density at radius 2 is 1.21 bits per heavy atom. The van der Waals surface area contributed by atoms with Crippen LogP contribution in [0.1, 0.15) is 79.7 Å². The highest BCUT2D eigenvalue weighted by atomic mass is 16.6. The Morgan fingerprint density at radius 3 is 1.69 bits per heavy atom. The number of carbonyl (C=O) groups excluding carboxylic acids is 8. The van der Waals surface area contributed by atoms with Crippen LogP contribution in [0.2, 0.25) is 0 Å². The number of rotatable bonds is 39. The number of amides is 8. The van der Waals surface area contributed by atoms with Gasteiger partial charge >= 0.3 is 12.1 Å². The van der Waals surface area contributed by atoms with E-state index in [9.17, 15) is 38.4 Å². The standard InChI is InChI=1S/C50H81N7O15/c1-8-55(47(63)50(5,6)7)20-21-56(9-2)49(65)72-36-38-12-14-40(15-13-38)53-46(62)39(11-10-19-52-48(51)64)35-41(58)45(37(3)4)54-42(59)18-23-66-25-27-68-29-31-70-33-34-71-32-30-69-28-26-67-24-22-57-43(60)16-17-44(57)61/h12-17,37,39,45H,8-11,18-36H2,1-7H3,(H,53,62)(H,54,59)(H3,51,52,64)/t39-,45+/m1/s1. The first-order valence-electron chi connectivity index (χ1n) is 24.8. The molecule has 0 aromatic heterocycles. The predicted octanol–water partition coefficient (Wildman–Crippen LogP) is 3.06. The van der Waals surface area contributed by atoms with Gasteiger partial charge in [-0.15, -0.1) is 0 Å². The van der Waals surface area contributed by atoms with Crippen LogP contribution in [-0.4, -0.2) is 187 Å². The molecular weight excluding hydrogens is 939 g/mol. The number of hydrogen-bond donors (Lipinski definition) is 4. The van der Waals surface area contributed by atoms with Crippen LogP contribution >= 0.6 is 0 Å². The molecule has 72 heavy (non-hydrogen) atoms. The number of urea groups is 1. The average molecular weight is 1020 g/mol. The molecule has 22 heteroatoms. The van der Waals surface area contributed by atoms with Gasteiger partial charge in [-0.05, 0) is 50.3 Å². The number of ketones is 1. The molecule has 0 saturated heterocycles. The van der Waals surface area contributed by atoms with Gasteiger partial charge in [0.25, 0.3) is 11.8 Å². The fourth-order valence-electron chi connectivity index (χ4n) is 6.96. The van der Waals surface area contributed by atoms with E-state index in [0.29, 0.717) is 103 Å². The number of imide groups is 1. The van der Waals surface area contributed by atoms with E-state index in [0.717, 1.165) is 4.90 Å². The maximum absolute atomic E-state index is 13.7. The van der Waals surface area contributed by atoms with Crippen molar-refractivity contribution in [3.05, 3.63) is 42.0 Å². The second kappa shape index (κ2) is 35.6. The molecule has 5 N–H and O–H groups in total. The first-order chi connectivity index (χ1) is 34.4. The van der Waals surface area contributed by atoms with Gasteiger partial charge in [-0.25, -0.2) is 9.59 Å². The Hall–Kier alpha value is -5.52. The van der Waals surface area contributed by atoms with Gasteiger partial charge in [0.1, 0.15) is 6.61 Å². The summed E-state index contributed by atoms with van der Waals surface area (Å²) in [5.74, 6) is -2.85. The van der Waals surface area contributed by atoms with Crippen molar-refractivity contribution in [1.29, 1.82) is 0 Å².